The maximum absolute atomic E-state index is 6.80. The molecular weight excluding hydrogens is 905 g/mol. The van der Waals surface area contributed by atoms with Gasteiger partial charge in [0, 0.05) is 50.0 Å². The number of hydrogen-bond acceptors (Lipinski definition) is 17. The normalized spacial score (nSPS) is 16.3. The van der Waals surface area contributed by atoms with Crippen LogP contribution in [0, 0.1) is 0 Å². The molecule has 13 heterocycles. The highest BCUT2D eigenvalue weighted by Gasteiger charge is 2.40. The lowest BCUT2D eigenvalue weighted by molar-refractivity contribution is 0.107. The minimum Gasteiger partial charge on any atom is -0.482 e. The van der Waals surface area contributed by atoms with Crippen LogP contribution in [0.1, 0.15) is 58.2 Å². The Morgan fingerprint density at radius 1 is 0.433 bits per heavy atom. The third-order valence-corrected chi connectivity index (χ3v) is 19.3. The van der Waals surface area contributed by atoms with E-state index < -0.39 is 16.8 Å². The summed E-state index contributed by atoms with van der Waals surface area (Å²) >= 11 is 12.8. The molecule has 0 N–H and O–H groups in total. The van der Waals surface area contributed by atoms with Gasteiger partial charge in [-0.05, 0) is 88.7 Å². The molecule has 17 heteroatoms. The minimum absolute atomic E-state index is 0.445. The molecular formula is C43H28N6O3S8. The monoisotopic (exact) mass is 932 g/mol. The molecule has 10 aromatic rings. The van der Waals surface area contributed by atoms with E-state index in [4.69, 9.17) is 41.7 Å². The molecule has 0 aromatic carbocycles. The molecule has 60 heavy (non-hydrogen) atoms. The predicted octanol–water partition coefficient (Wildman–Crippen LogP) is 14.4. The maximum Gasteiger partial charge on any atom is 0.140 e. The molecule has 0 bridgehead atoms. The van der Waals surface area contributed by atoms with Gasteiger partial charge in [-0.15, -0.1) is 68.0 Å². The molecule has 0 saturated heterocycles. The first-order valence-corrected chi connectivity index (χ1v) is 25.4. The number of hydrogen-bond donors (Lipinski definition) is 0. The van der Waals surface area contributed by atoms with Crippen molar-refractivity contribution in [3.63, 3.8) is 0 Å². The summed E-state index contributed by atoms with van der Waals surface area (Å²) < 4.78 is 39.0. The summed E-state index contributed by atoms with van der Waals surface area (Å²) in [5, 5.41) is 4.19. The molecule has 0 unspecified atom stereocenters. The zero-order chi connectivity index (χ0) is 40.4. The Balaban J connectivity index is 0.880. The number of ether oxygens (including phenoxy) is 3. The fourth-order valence-corrected chi connectivity index (χ4v) is 16.7. The topological polar surface area (TPSA) is 105 Å². The number of thiophene rings is 6. The van der Waals surface area contributed by atoms with Crippen LogP contribution < -0.4 is 14.2 Å². The first-order chi connectivity index (χ1) is 28.9. The summed E-state index contributed by atoms with van der Waals surface area (Å²) in [6, 6.07) is 13.0. The number of rotatable bonds is 4. The standard InChI is InChI=1S/C43H28N6O3S8/c1-41(2)20-12-27(57-35(20)38-22(50-41)7-9-53-38)31-33-29(46-59-48-33)17(15-44-31)25-11-19-37(55-25)40-24(52-43(19,5)6)14-26(56-40)18-16-45-32(34-30(18)47-60-49-34)28-13-21-36(58-28)39-23(8-10-54-39)51-42(21,3)4/h7-16H,1-6H3. The molecule has 3 aliphatic rings. The van der Waals surface area contributed by atoms with Crippen molar-refractivity contribution in [1.29, 1.82) is 0 Å². The summed E-state index contributed by atoms with van der Waals surface area (Å²) in [4.78, 5) is 21.5. The second kappa shape index (κ2) is 12.3. The second-order valence-corrected chi connectivity index (χ2v) is 23.5. The average Bonchev–Trinajstić information content (AvgIpc) is 4.05. The third-order valence-electron chi connectivity index (χ3n) is 11.4. The Morgan fingerprint density at radius 3 is 1.35 bits per heavy atom. The quantitative estimate of drug-likeness (QED) is 0.171. The van der Waals surface area contributed by atoms with Crippen LogP contribution in [-0.4, -0.2) is 27.5 Å². The first-order valence-electron chi connectivity index (χ1n) is 19.0. The highest BCUT2D eigenvalue weighted by molar-refractivity contribution is 7.26. The van der Waals surface area contributed by atoms with Gasteiger partial charge in [-0.1, -0.05) is 0 Å². The van der Waals surface area contributed by atoms with Crippen molar-refractivity contribution in [3.8, 4) is 88.5 Å². The van der Waals surface area contributed by atoms with E-state index in [1.54, 1.807) is 68.0 Å². The molecule has 0 aliphatic carbocycles. The SMILES string of the molecule is CC1(C)Oc2cc(-c3cnc(-c4cc5c(s4)-c4sccc4OC5(C)C)c4nsnc34)sc2-c2sc(-c3cnc(-c4cc5c(s4)-c4sccc4OC5(C)C)c4nsnc34)cc21. The van der Waals surface area contributed by atoms with E-state index in [2.05, 4.69) is 88.7 Å². The lowest BCUT2D eigenvalue weighted by atomic mass is 9.94. The van der Waals surface area contributed by atoms with E-state index in [1.807, 2.05) is 12.4 Å². The lowest BCUT2D eigenvalue weighted by Crippen LogP contribution is -2.27. The summed E-state index contributed by atoms with van der Waals surface area (Å²) in [7, 11) is 0. The molecule has 13 rings (SSSR count). The van der Waals surface area contributed by atoms with Crippen LogP contribution in [0.2, 0.25) is 0 Å². The van der Waals surface area contributed by atoms with E-state index in [1.165, 1.54) is 59.0 Å². The van der Waals surface area contributed by atoms with E-state index in [0.717, 1.165) is 91.8 Å². The minimum atomic E-state index is -0.564. The zero-order valence-corrected chi connectivity index (χ0v) is 39.0. The molecule has 0 saturated carbocycles. The fraction of sp³-hybridized carbons (Fsp3) is 0.209. The number of nitrogens with zero attached hydrogens (tertiary/aromatic N) is 6. The zero-order valence-electron chi connectivity index (χ0n) is 32.4. The van der Waals surface area contributed by atoms with Gasteiger partial charge in [0.2, 0.25) is 0 Å². The van der Waals surface area contributed by atoms with E-state index in [9.17, 15) is 0 Å². The summed E-state index contributed by atoms with van der Waals surface area (Å²) in [6.45, 7) is 12.8. The van der Waals surface area contributed by atoms with Crippen molar-refractivity contribution in [2.45, 2.75) is 58.3 Å². The van der Waals surface area contributed by atoms with E-state index in [0.29, 0.717) is 0 Å². The number of fused-ring (bicyclic) bond motifs is 11. The van der Waals surface area contributed by atoms with Crippen molar-refractivity contribution >= 4 is 114 Å². The molecule has 296 valence electrons. The Bertz CT molecular complexity index is 3440. The van der Waals surface area contributed by atoms with Gasteiger partial charge in [-0.25, -0.2) is 0 Å². The highest BCUT2D eigenvalue weighted by atomic mass is 32.1. The largest absolute Gasteiger partial charge is 0.482 e. The summed E-state index contributed by atoms with van der Waals surface area (Å²) in [5.41, 5.74) is 8.97. The number of aromatic nitrogens is 6. The van der Waals surface area contributed by atoms with Crippen LogP contribution in [0.5, 0.6) is 17.2 Å². The van der Waals surface area contributed by atoms with Gasteiger partial charge >= 0.3 is 0 Å². The summed E-state index contributed by atoms with van der Waals surface area (Å²) in [5.74, 6) is 2.74. The van der Waals surface area contributed by atoms with Crippen LogP contribution in [-0.2, 0) is 16.8 Å². The Kier molecular flexibility index (Phi) is 7.45. The van der Waals surface area contributed by atoms with Crippen molar-refractivity contribution in [2.24, 2.45) is 0 Å². The fourth-order valence-electron chi connectivity index (χ4n) is 8.47. The van der Waals surface area contributed by atoms with Gasteiger partial charge in [-0.2, -0.15) is 17.5 Å². The summed E-state index contributed by atoms with van der Waals surface area (Å²) in [6.07, 6.45) is 3.92. The van der Waals surface area contributed by atoms with E-state index >= 15 is 0 Å². The van der Waals surface area contributed by atoms with Crippen molar-refractivity contribution in [2.75, 3.05) is 0 Å². The van der Waals surface area contributed by atoms with Crippen molar-refractivity contribution < 1.29 is 14.2 Å². The second-order valence-electron chi connectivity index (χ2n) is 16.4. The van der Waals surface area contributed by atoms with Gasteiger partial charge in [0.05, 0.1) is 62.5 Å². The highest BCUT2D eigenvalue weighted by Crippen LogP contribution is 2.58. The maximum atomic E-state index is 6.80. The molecule has 10 aromatic heterocycles. The Morgan fingerprint density at radius 2 is 0.833 bits per heavy atom. The predicted molar refractivity (Wildman–Crippen MR) is 250 cm³/mol. The van der Waals surface area contributed by atoms with Gasteiger partial charge in [0.1, 0.15) is 67.5 Å². The number of pyridine rings is 2. The molecule has 0 spiro atoms. The van der Waals surface area contributed by atoms with Gasteiger partial charge in [0.15, 0.2) is 0 Å². The molecule has 9 nitrogen and oxygen atoms in total. The van der Waals surface area contributed by atoms with Gasteiger partial charge in [0.25, 0.3) is 0 Å². The smallest absolute Gasteiger partial charge is 0.140 e. The van der Waals surface area contributed by atoms with Crippen molar-refractivity contribution in [3.05, 3.63) is 76.2 Å². The molecule has 0 amide bonds. The van der Waals surface area contributed by atoms with Crippen LogP contribution in [0.4, 0.5) is 0 Å². The van der Waals surface area contributed by atoms with Crippen LogP contribution in [0.3, 0.4) is 0 Å². The van der Waals surface area contributed by atoms with Crippen LogP contribution in [0.15, 0.2) is 59.6 Å². The van der Waals surface area contributed by atoms with Gasteiger partial charge < -0.3 is 14.2 Å². The lowest BCUT2D eigenvalue weighted by Gasteiger charge is -2.31. The Hall–Kier alpha value is -4.46. The molecule has 0 radical (unpaired) electrons. The van der Waals surface area contributed by atoms with Crippen molar-refractivity contribution in [1.82, 2.24) is 27.5 Å². The average molecular weight is 933 g/mol. The molecule has 0 fully saturated rings. The van der Waals surface area contributed by atoms with Crippen LogP contribution in [0.25, 0.3) is 93.4 Å². The van der Waals surface area contributed by atoms with Crippen LogP contribution >= 0.6 is 91.5 Å². The van der Waals surface area contributed by atoms with E-state index in [-0.39, 0.29) is 0 Å². The molecule has 0 atom stereocenters. The first kappa shape index (κ1) is 36.2. The third kappa shape index (κ3) is 5.08. The van der Waals surface area contributed by atoms with Gasteiger partial charge in [-0.3, -0.25) is 9.97 Å². The Labute approximate surface area is 375 Å². The molecule has 3 aliphatic heterocycles.